The van der Waals surface area contributed by atoms with Crippen LogP contribution in [0.25, 0.3) is 0 Å². The van der Waals surface area contributed by atoms with Gasteiger partial charge in [0.2, 0.25) is 0 Å². The summed E-state index contributed by atoms with van der Waals surface area (Å²) >= 11 is 0. The van der Waals surface area contributed by atoms with Gasteiger partial charge in [-0.2, -0.15) is 0 Å². The zero-order valence-corrected chi connectivity index (χ0v) is 7.62. The number of carbonyl (C=O) groups excluding carboxylic acids is 1. The first kappa shape index (κ1) is 9.98. The van der Waals surface area contributed by atoms with Crippen LogP contribution in [-0.4, -0.2) is 34.1 Å². The highest BCUT2D eigenvalue weighted by atomic mass is 16.4. The van der Waals surface area contributed by atoms with Crippen molar-refractivity contribution in [3.8, 4) is 0 Å². The van der Waals surface area contributed by atoms with Gasteiger partial charge in [0, 0.05) is 6.54 Å². The second-order valence-corrected chi connectivity index (χ2v) is 3.61. The molecule has 0 aromatic carbocycles. The van der Waals surface area contributed by atoms with E-state index in [1.807, 2.05) is 0 Å². The van der Waals surface area contributed by atoms with Crippen LogP contribution in [0.15, 0.2) is 0 Å². The van der Waals surface area contributed by atoms with E-state index in [0.29, 0.717) is 12.8 Å². The average Bonchev–Trinajstić information content (AvgIpc) is 2.13. The van der Waals surface area contributed by atoms with Gasteiger partial charge in [-0.25, -0.2) is 9.69 Å². The second-order valence-electron chi connectivity index (χ2n) is 3.61. The fraction of sp³-hybridized carbons (Fsp3) is 0.750. The van der Waals surface area contributed by atoms with Crippen molar-refractivity contribution >= 4 is 12.0 Å². The zero-order valence-electron chi connectivity index (χ0n) is 7.62. The Morgan fingerprint density at radius 1 is 1.62 bits per heavy atom. The predicted molar refractivity (Wildman–Crippen MR) is 46.2 cm³/mol. The Bertz CT molecular complexity index is 238. The number of rotatable bonds is 0. The molecule has 1 aliphatic heterocycles. The van der Waals surface area contributed by atoms with Gasteiger partial charge in [-0.3, -0.25) is 4.79 Å². The van der Waals surface area contributed by atoms with Crippen LogP contribution in [0.1, 0.15) is 26.2 Å². The lowest BCUT2D eigenvalue weighted by Crippen LogP contribution is -2.53. The van der Waals surface area contributed by atoms with Crippen molar-refractivity contribution in [2.75, 3.05) is 6.54 Å². The average molecular weight is 186 g/mol. The summed E-state index contributed by atoms with van der Waals surface area (Å²) in [5.74, 6) is -0.488. The van der Waals surface area contributed by atoms with E-state index in [4.69, 9.17) is 10.8 Å². The van der Waals surface area contributed by atoms with Crippen molar-refractivity contribution in [1.29, 1.82) is 0 Å². The molecular formula is C8H14N2O3. The molecule has 0 spiro atoms. The van der Waals surface area contributed by atoms with E-state index in [2.05, 4.69) is 0 Å². The normalized spacial score (nSPS) is 30.0. The predicted octanol–water partition coefficient (Wildman–Crippen LogP) is 0.394. The molecule has 0 radical (unpaired) electrons. The monoisotopic (exact) mass is 186 g/mol. The van der Waals surface area contributed by atoms with E-state index < -0.39 is 17.5 Å². The van der Waals surface area contributed by atoms with Gasteiger partial charge >= 0.3 is 6.09 Å². The molecule has 0 unspecified atom stereocenters. The summed E-state index contributed by atoms with van der Waals surface area (Å²) in [5.41, 5.74) is 4.68. The van der Waals surface area contributed by atoms with Crippen LogP contribution < -0.4 is 5.73 Å². The van der Waals surface area contributed by atoms with Gasteiger partial charge in [-0.05, 0) is 26.2 Å². The number of nitrogens with two attached hydrogens (primary N) is 1. The molecule has 0 saturated carbocycles. The maximum Gasteiger partial charge on any atom is 0.414 e. The Hall–Kier alpha value is -1.10. The van der Waals surface area contributed by atoms with Gasteiger partial charge in [0.05, 0.1) is 5.54 Å². The Balaban J connectivity index is 2.86. The highest BCUT2D eigenvalue weighted by Gasteiger charge is 2.37. The first-order valence-corrected chi connectivity index (χ1v) is 4.29. The number of amides is 2. The second kappa shape index (κ2) is 3.33. The molecular weight excluding hydrogens is 172 g/mol. The van der Waals surface area contributed by atoms with E-state index >= 15 is 0 Å². The molecule has 0 aromatic heterocycles. The highest BCUT2D eigenvalue weighted by Crippen LogP contribution is 2.19. The molecule has 5 nitrogen and oxygen atoms in total. The number of hydrogen-bond acceptors (Lipinski definition) is 3. The topological polar surface area (TPSA) is 83.6 Å². The van der Waals surface area contributed by atoms with E-state index in [1.165, 1.54) is 0 Å². The van der Waals surface area contributed by atoms with Gasteiger partial charge in [-0.15, -0.1) is 0 Å². The number of nitrogens with zero attached hydrogens (tertiary/aromatic N) is 1. The third-order valence-corrected chi connectivity index (χ3v) is 2.29. The summed E-state index contributed by atoms with van der Waals surface area (Å²) in [5, 5.41) is 8.72. The third-order valence-electron chi connectivity index (χ3n) is 2.29. The Labute approximate surface area is 76.5 Å². The van der Waals surface area contributed by atoms with Gasteiger partial charge in [0.25, 0.3) is 5.91 Å². The number of imide groups is 1. The Morgan fingerprint density at radius 3 is 2.77 bits per heavy atom. The van der Waals surface area contributed by atoms with Crippen LogP contribution in [0.3, 0.4) is 0 Å². The quantitative estimate of drug-likeness (QED) is 0.573. The molecule has 2 amide bonds. The summed E-state index contributed by atoms with van der Waals surface area (Å²) < 4.78 is 0. The molecule has 0 bridgehead atoms. The summed E-state index contributed by atoms with van der Waals surface area (Å²) in [6, 6.07) is 0. The minimum absolute atomic E-state index is 0.265. The van der Waals surface area contributed by atoms with E-state index in [0.717, 1.165) is 11.3 Å². The lowest BCUT2D eigenvalue weighted by Gasteiger charge is -2.24. The largest absolute Gasteiger partial charge is 0.465 e. The lowest BCUT2D eigenvalue weighted by atomic mass is 9.97. The molecule has 74 valence electrons. The van der Waals surface area contributed by atoms with Crippen LogP contribution in [0, 0.1) is 0 Å². The van der Waals surface area contributed by atoms with Gasteiger partial charge < -0.3 is 10.8 Å². The van der Waals surface area contributed by atoms with Crippen molar-refractivity contribution in [1.82, 2.24) is 4.90 Å². The Morgan fingerprint density at radius 2 is 2.23 bits per heavy atom. The summed E-state index contributed by atoms with van der Waals surface area (Å²) in [4.78, 5) is 23.0. The van der Waals surface area contributed by atoms with Gasteiger partial charge in [-0.1, -0.05) is 0 Å². The fourth-order valence-corrected chi connectivity index (χ4v) is 1.46. The number of hydrogen-bond donors (Lipinski definition) is 2. The highest BCUT2D eigenvalue weighted by molar-refractivity contribution is 5.96. The first-order chi connectivity index (χ1) is 5.95. The zero-order chi connectivity index (χ0) is 10.1. The van der Waals surface area contributed by atoms with Crippen molar-refractivity contribution in [3.05, 3.63) is 0 Å². The third kappa shape index (κ3) is 1.98. The standard InChI is InChI=1S/C8H14N2O3/c1-8(9)4-2-3-5-10(6(8)11)7(12)13/h2-5,9H2,1H3,(H,12,13)/t8-/m0/s1. The van der Waals surface area contributed by atoms with Crippen LogP contribution in [0.4, 0.5) is 4.79 Å². The smallest absolute Gasteiger partial charge is 0.414 e. The van der Waals surface area contributed by atoms with Crippen LogP contribution in [0.5, 0.6) is 0 Å². The van der Waals surface area contributed by atoms with E-state index in [9.17, 15) is 9.59 Å². The number of likely N-dealkylation sites (tertiary alicyclic amines) is 1. The molecule has 1 atom stereocenters. The molecule has 1 heterocycles. The molecule has 1 fully saturated rings. The Kier molecular flexibility index (Phi) is 2.56. The van der Waals surface area contributed by atoms with Crippen molar-refractivity contribution in [2.45, 2.75) is 31.7 Å². The first-order valence-electron chi connectivity index (χ1n) is 4.29. The van der Waals surface area contributed by atoms with Crippen molar-refractivity contribution in [3.63, 3.8) is 0 Å². The fourth-order valence-electron chi connectivity index (χ4n) is 1.46. The summed E-state index contributed by atoms with van der Waals surface area (Å²) in [7, 11) is 0. The lowest BCUT2D eigenvalue weighted by molar-refractivity contribution is -0.133. The maximum atomic E-state index is 11.5. The summed E-state index contributed by atoms with van der Waals surface area (Å²) in [6.07, 6.45) is 0.840. The summed E-state index contributed by atoms with van der Waals surface area (Å²) in [6.45, 7) is 1.84. The van der Waals surface area contributed by atoms with Crippen LogP contribution in [-0.2, 0) is 4.79 Å². The van der Waals surface area contributed by atoms with Crippen molar-refractivity contribution < 1.29 is 14.7 Å². The molecule has 1 saturated heterocycles. The van der Waals surface area contributed by atoms with E-state index in [1.54, 1.807) is 6.92 Å². The number of carboxylic acid groups (broad SMARTS) is 1. The maximum absolute atomic E-state index is 11.5. The minimum atomic E-state index is -1.21. The van der Waals surface area contributed by atoms with Crippen LogP contribution >= 0.6 is 0 Å². The van der Waals surface area contributed by atoms with E-state index in [-0.39, 0.29) is 6.54 Å². The molecule has 13 heavy (non-hydrogen) atoms. The van der Waals surface area contributed by atoms with Crippen molar-refractivity contribution in [2.24, 2.45) is 5.73 Å². The van der Waals surface area contributed by atoms with Gasteiger partial charge in [0.1, 0.15) is 0 Å². The molecule has 0 aliphatic carbocycles. The molecule has 3 N–H and O–H groups in total. The minimum Gasteiger partial charge on any atom is -0.465 e. The van der Waals surface area contributed by atoms with Crippen LogP contribution in [0.2, 0.25) is 0 Å². The van der Waals surface area contributed by atoms with Gasteiger partial charge in [0.15, 0.2) is 0 Å². The molecule has 1 rings (SSSR count). The molecule has 0 aromatic rings. The number of carbonyl (C=O) groups is 2. The SMILES string of the molecule is C[C@]1(N)CCCCN(C(=O)O)C1=O. The molecule has 5 heteroatoms. The molecule has 1 aliphatic rings.